The fourth-order valence-corrected chi connectivity index (χ4v) is 2.27. The SMILES string of the molecule is C[C@@H]1CN(C(=O)NC2CCC2)C[C@H]1C(=O)O. The van der Waals surface area contributed by atoms with E-state index in [9.17, 15) is 9.59 Å². The predicted octanol–water partition coefficient (Wildman–Crippen LogP) is 0.901. The minimum Gasteiger partial charge on any atom is -0.481 e. The van der Waals surface area contributed by atoms with Crippen molar-refractivity contribution in [1.29, 1.82) is 0 Å². The van der Waals surface area contributed by atoms with Gasteiger partial charge in [-0.1, -0.05) is 6.92 Å². The predicted molar refractivity (Wildman–Crippen MR) is 58.0 cm³/mol. The fraction of sp³-hybridized carbons (Fsp3) is 0.818. The lowest BCUT2D eigenvalue weighted by Crippen LogP contribution is -2.46. The summed E-state index contributed by atoms with van der Waals surface area (Å²) in [6, 6.07) is 0.215. The molecule has 2 fully saturated rings. The largest absolute Gasteiger partial charge is 0.481 e. The van der Waals surface area contributed by atoms with E-state index >= 15 is 0 Å². The van der Waals surface area contributed by atoms with Crippen LogP contribution in [0.5, 0.6) is 0 Å². The van der Waals surface area contributed by atoms with E-state index in [0.29, 0.717) is 19.1 Å². The fourth-order valence-electron chi connectivity index (χ4n) is 2.27. The number of nitrogens with one attached hydrogen (secondary N) is 1. The number of rotatable bonds is 2. The molecule has 2 N–H and O–H groups in total. The zero-order valence-corrected chi connectivity index (χ0v) is 9.48. The van der Waals surface area contributed by atoms with Gasteiger partial charge < -0.3 is 15.3 Å². The van der Waals surface area contributed by atoms with Gasteiger partial charge in [-0.2, -0.15) is 0 Å². The van der Waals surface area contributed by atoms with Crippen molar-refractivity contribution in [3.05, 3.63) is 0 Å². The van der Waals surface area contributed by atoms with E-state index in [1.54, 1.807) is 4.90 Å². The van der Waals surface area contributed by atoms with Gasteiger partial charge in [-0.15, -0.1) is 0 Å². The van der Waals surface area contributed by atoms with E-state index in [1.807, 2.05) is 6.92 Å². The van der Waals surface area contributed by atoms with Crippen molar-refractivity contribution in [1.82, 2.24) is 10.2 Å². The van der Waals surface area contributed by atoms with Gasteiger partial charge in [0.1, 0.15) is 0 Å². The van der Waals surface area contributed by atoms with Crippen molar-refractivity contribution in [3.8, 4) is 0 Å². The van der Waals surface area contributed by atoms with E-state index in [1.165, 1.54) is 6.42 Å². The van der Waals surface area contributed by atoms with Crippen molar-refractivity contribution >= 4 is 12.0 Å². The van der Waals surface area contributed by atoms with Crippen LogP contribution in [0.15, 0.2) is 0 Å². The van der Waals surface area contributed by atoms with E-state index in [4.69, 9.17) is 5.11 Å². The first-order valence-electron chi connectivity index (χ1n) is 5.86. The molecule has 5 nitrogen and oxygen atoms in total. The average molecular weight is 226 g/mol. The van der Waals surface area contributed by atoms with E-state index < -0.39 is 11.9 Å². The average Bonchev–Trinajstić information content (AvgIpc) is 2.53. The van der Waals surface area contributed by atoms with Gasteiger partial charge in [-0.05, 0) is 25.2 Å². The number of likely N-dealkylation sites (tertiary alicyclic amines) is 1. The maximum absolute atomic E-state index is 11.8. The van der Waals surface area contributed by atoms with Crippen LogP contribution in [-0.2, 0) is 4.79 Å². The number of hydrogen-bond donors (Lipinski definition) is 2. The molecule has 2 rings (SSSR count). The Morgan fingerprint density at radius 1 is 1.31 bits per heavy atom. The molecule has 2 aliphatic rings. The standard InChI is InChI=1S/C11H18N2O3/c1-7-5-13(6-9(7)10(14)15)11(16)12-8-3-2-4-8/h7-9H,2-6H2,1H3,(H,12,16)(H,14,15)/t7-,9-/m1/s1. The Morgan fingerprint density at radius 2 is 2.00 bits per heavy atom. The smallest absolute Gasteiger partial charge is 0.317 e. The van der Waals surface area contributed by atoms with Gasteiger partial charge in [0.2, 0.25) is 0 Å². The van der Waals surface area contributed by atoms with Gasteiger partial charge in [0.25, 0.3) is 0 Å². The normalized spacial score (nSPS) is 29.9. The van der Waals surface area contributed by atoms with Crippen LogP contribution < -0.4 is 5.32 Å². The molecule has 2 amide bonds. The third kappa shape index (κ3) is 2.13. The van der Waals surface area contributed by atoms with Crippen LogP contribution in [-0.4, -0.2) is 41.1 Å². The Bertz CT molecular complexity index is 302. The zero-order valence-electron chi connectivity index (χ0n) is 9.48. The summed E-state index contributed by atoms with van der Waals surface area (Å²) in [5, 5.41) is 11.9. The Hall–Kier alpha value is -1.26. The van der Waals surface area contributed by atoms with Gasteiger partial charge in [0, 0.05) is 19.1 Å². The number of carboxylic acid groups (broad SMARTS) is 1. The molecular weight excluding hydrogens is 208 g/mol. The molecule has 90 valence electrons. The first-order valence-corrected chi connectivity index (χ1v) is 5.86. The first-order chi connectivity index (χ1) is 7.58. The third-order valence-corrected chi connectivity index (χ3v) is 3.65. The second-order valence-electron chi connectivity index (χ2n) is 4.90. The molecular formula is C11H18N2O3. The number of hydrogen-bond acceptors (Lipinski definition) is 2. The first kappa shape index (κ1) is 11.2. The van der Waals surface area contributed by atoms with Crippen LogP contribution >= 0.6 is 0 Å². The molecule has 1 heterocycles. The second-order valence-corrected chi connectivity index (χ2v) is 4.90. The highest BCUT2D eigenvalue weighted by molar-refractivity contribution is 5.77. The maximum atomic E-state index is 11.8. The minimum absolute atomic E-state index is 0.0460. The highest BCUT2D eigenvalue weighted by atomic mass is 16.4. The number of carbonyl (C=O) groups excluding carboxylic acids is 1. The number of carboxylic acids is 1. The Kier molecular flexibility index (Phi) is 3.03. The molecule has 0 bridgehead atoms. The van der Waals surface area contributed by atoms with Crippen LogP contribution in [0.2, 0.25) is 0 Å². The summed E-state index contributed by atoms with van der Waals surface area (Å²) in [5.74, 6) is -1.16. The molecule has 1 aliphatic heterocycles. The van der Waals surface area contributed by atoms with Gasteiger partial charge in [-0.3, -0.25) is 4.79 Å². The monoisotopic (exact) mass is 226 g/mol. The molecule has 0 unspecified atom stereocenters. The lowest BCUT2D eigenvalue weighted by molar-refractivity contribution is -0.142. The lowest BCUT2D eigenvalue weighted by atomic mass is 9.93. The highest BCUT2D eigenvalue weighted by Gasteiger charge is 2.37. The molecule has 1 saturated heterocycles. The highest BCUT2D eigenvalue weighted by Crippen LogP contribution is 2.24. The molecule has 0 aromatic heterocycles. The van der Waals surface area contributed by atoms with Crippen molar-refractivity contribution in [2.45, 2.75) is 32.2 Å². The Labute approximate surface area is 94.8 Å². The molecule has 16 heavy (non-hydrogen) atoms. The van der Waals surface area contributed by atoms with E-state index in [0.717, 1.165) is 12.8 Å². The zero-order chi connectivity index (χ0) is 11.7. The molecule has 1 aliphatic carbocycles. The molecule has 0 aromatic rings. The molecule has 0 radical (unpaired) electrons. The molecule has 0 spiro atoms. The van der Waals surface area contributed by atoms with Crippen LogP contribution in [0, 0.1) is 11.8 Å². The van der Waals surface area contributed by atoms with Crippen molar-refractivity contribution in [2.24, 2.45) is 11.8 Å². The number of urea groups is 1. The van der Waals surface area contributed by atoms with E-state index in [-0.39, 0.29) is 11.9 Å². The minimum atomic E-state index is -0.800. The summed E-state index contributed by atoms with van der Waals surface area (Å²) in [5.41, 5.74) is 0. The Balaban J connectivity index is 1.86. The van der Waals surface area contributed by atoms with E-state index in [2.05, 4.69) is 5.32 Å². The lowest BCUT2D eigenvalue weighted by Gasteiger charge is -2.29. The van der Waals surface area contributed by atoms with Gasteiger partial charge in [-0.25, -0.2) is 4.79 Å². The topological polar surface area (TPSA) is 69.6 Å². The summed E-state index contributed by atoms with van der Waals surface area (Å²) in [4.78, 5) is 24.3. The molecule has 5 heteroatoms. The number of aliphatic carboxylic acids is 1. The van der Waals surface area contributed by atoms with Crippen molar-refractivity contribution < 1.29 is 14.7 Å². The quantitative estimate of drug-likeness (QED) is 0.735. The summed E-state index contributed by atoms with van der Waals surface area (Å²) in [7, 11) is 0. The van der Waals surface area contributed by atoms with Crippen LogP contribution in [0.1, 0.15) is 26.2 Å². The summed E-state index contributed by atoms with van der Waals surface area (Å²) < 4.78 is 0. The van der Waals surface area contributed by atoms with Crippen LogP contribution in [0.3, 0.4) is 0 Å². The maximum Gasteiger partial charge on any atom is 0.317 e. The summed E-state index contributed by atoms with van der Waals surface area (Å²) >= 11 is 0. The third-order valence-electron chi connectivity index (χ3n) is 3.65. The van der Waals surface area contributed by atoms with Gasteiger partial charge in [0.15, 0.2) is 0 Å². The number of carbonyl (C=O) groups is 2. The van der Waals surface area contributed by atoms with Crippen molar-refractivity contribution in [2.75, 3.05) is 13.1 Å². The van der Waals surface area contributed by atoms with Crippen LogP contribution in [0.4, 0.5) is 4.79 Å². The summed E-state index contributed by atoms with van der Waals surface area (Å²) in [6.45, 7) is 2.78. The van der Waals surface area contributed by atoms with Gasteiger partial charge in [0.05, 0.1) is 5.92 Å². The molecule has 0 aromatic carbocycles. The molecule has 1 saturated carbocycles. The second kappa shape index (κ2) is 4.31. The molecule has 2 atom stereocenters. The van der Waals surface area contributed by atoms with Crippen molar-refractivity contribution in [3.63, 3.8) is 0 Å². The van der Waals surface area contributed by atoms with Crippen LogP contribution in [0.25, 0.3) is 0 Å². The number of nitrogens with zero attached hydrogens (tertiary/aromatic N) is 1. The summed E-state index contributed by atoms with van der Waals surface area (Å²) in [6.07, 6.45) is 3.29. The number of amides is 2. The van der Waals surface area contributed by atoms with Gasteiger partial charge >= 0.3 is 12.0 Å². The Morgan fingerprint density at radius 3 is 2.44 bits per heavy atom.